The Kier molecular flexibility index (Phi) is 11.0. The van der Waals surface area contributed by atoms with Crippen molar-refractivity contribution in [3.63, 3.8) is 0 Å². The zero-order valence-electron chi connectivity index (χ0n) is 10.7. The number of hydrazine groups is 1. The first kappa shape index (κ1) is 16.5. The largest absolute Gasteiger partial charge is 0.460 e. The van der Waals surface area contributed by atoms with Crippen LogP contribution in [-0.4, -0.2) is 39.1 Å². The van der Waals surface area contributed by atoms with Crippen LogP contribution in [-0.2, 0) is 14.3 Å². The number of carbonyl (C=O) groups is 1. The van der Waals surface area contributed by atoms with Crippen molar-refractivity contribution < 1.29 is 14.3 Å². The molecule has 3 N–H and O–H groups in total. The molecule has 0 unspecified atom stereocenters. The molecule has 0 aliphatic heterocycles. The van der Waals surface area contributed by atoms with Crippen molar-refractivity contribution in [3.05, 3.63) is 23.9 Å². The Morgan fingerprint density at radius 2 is 2.22 bits per heavy atom. The van der Waals surface area contributed by atoms with Crippen LogP contribution in [0.15, 0.2) is 28.9 Å². The third-order valence-electron chi connectivity index (χ3n) is 1.81. The van der Waals surface area contributed by atoms with E-state index >= 15 is 0 Å². The highest BCUT2D eigenvalue weighted by atomic mass is 16.6. The van der Waals surface area contributed by atoms with Crippen LogP contribution in [0.1, 0.15) is 13.3 Å². The average molecular weight is 255 g/mol. The summed E-state index contributed by atoms with van der Waals surface area (Å²) < 4.78 is 10.2. The Morgan fingerprint density at radius 3 is 2.83 bits per heavy atom. The number of nitrogens with zero attached hydrogens (tertiary/aromatic N) is 1. The Labute approximate surface area is 108 Å². The number of hydrogen-bond donors (Lipinski definition) is 2. The molecule has 0 spiro atoms. The van der Waals surface area contributed by atoms with E-state index in [1.54, 1.807) is 12.2 Å². The van der Waals surface area contributed by atoms with Crippen LogP contribution >= 0.6 is 0 Å². The van der Waals surface area contributed by atoms with Gasteiger partial charge >= 0.3 is 5.97 Å². The molecule has 0 aliphatic carbocycles. The van der Waals surface area contributed by atoms with Crippen LogP contribution < -0.4 is 11.3 Å². The van der Waals surface area contributed by atoms with E-state index in [9.17, 15) is 4.79 Å². The molecule has 0 aliphatic rings. The second-order valence-electron chi connectivity index (χ2n) is 3.33. The molecule has 102 valence electrons. The fourth-order valence-electron chi connectivity index (χ4n) is 1.04. The van der Waals surface area contributed by atoms with Crippen LogP contribution in [0.3, 0.4) is 0 Å². The van der Waals surface area contributed by atoms with Gasteiger partial charge < -0.3 is 9.47 Å². The van der Waals surface area contributed by atoms with Crippen molar-refractivity contribution in [1.29, 1.82) is 0 Å². The number of esters is 1. The van der Waals surface area contributed by atoms with E-state index in [0.29, 0.717) is 25.3 Å². The van der Waals surface area contributed by atoms with E-state index in [1.807, 2.05) is 6.92 Å². The summed E-state index contributed by atoms with van der Waals surface area (Å²) in [5.41, 5.74) is 2.75. The van der Waals surface area contributed by atoms with E-state index in [-0.39, 0.29) is 6.61 Å². The highest BCUT2D eigenvalue weighted by molar-refractivity contribution is 5.91. The van der Waals surface area contributed by atoms with Crippen LogP contribution in [0.25, 0.3) is 0 Å². The summed E-state index contributed by atoms with van der Waals surface area (Å²) in [5.74, 6) is 4.64. The maximum absolute atomic E-state index is 11.6. The quantitative estimate of drug-likeness (QED) is 0.113. The monoisotopic (exact) mass is 255 g/mol. The molecule has 0 aromatic carbocycles. The van der Waals surface area contributed by atoms with Gasteiger partial charge in [-0.15, -0.1) is 0 Å². The minimum atomic E-state index is -0.462. The van der Waals surface area contributed by atoms with Gasteiger partial charge in [0.05, 0.1) is 12.2 Å². The standard InChI is InChI=1S/C12H21N3O3/c1-3-7-17-8-9-18-12(16)11(10-14-2)5-4-6-15-13/h4-5,10,15H,2-3,6-9,13H2,1H3/b5-4-,11-10+. The van der Waals surface area contributed by atoms with Gasteiger partial charge in [-0.25, -0.2) is 4.79 Å². The summed E-state index contributed by atoms with van der Waals surface area (Å²) in [7, 11) is 0. The van der Waals surface area contributed by atoms with Crippen molar-refractivity contribution in [2.24, 2.45) is 10.8 Å². The van der Waals surface area contributed by atoms with Gasteiger partial charge in [0.25, 0.3) is 0 Å². The smallest absolute Gasteiger partial charge is 0.339 e. The zero-order chi connectivity index (χ0) is 13.6. The first-order valence-electron chi connectivity index (χ1n) is 5.77. The third-order valence-corrected chi connectivity index (χ3v) is 1.81. The van der Waals surface area contributed by atoms with Crippen LogP contribution in [0, 0.1) is 0 Å². The lowest BCUT2D eigenvalue weighted by molar-refractivity contribution is -0.140. The van der Waals surface area contributed by atoms with Crippen molar-refractivity contribution in [2.45, 2.75) is 13.3 Å². The lowest BCUT2D eigenvalue weighted by Crippen LogP contribution is -2.21. The Bertz CT molecular complexity index is 301. The van der Waals surface area contributed by atoms with E-state index < -0.39 is 5.97 Å². The molecule has 0 radical (unpaired) electrons. The molecule has 0 atom stereocenters. The molecule has 0 aromatic rings. The normalized spacial score (nSPS) is 11.8. The molecule has 0 amide bonds. The van der Waals surface area contributed by atoms with Gasteiger partial charge in [-0.1, -0.05) is 13.0 Å². The molecule has 0 saturated heterocycles. The maximum Gasteiger partial charge on any atom is 0.339 e. The molecule has 0 rings (SSSR count). The van der Waals surface area contributed by atoms with Crippen LogP contribution in [0.2, 0.25) is 0 Å². The Balaban J connectivity index is 4.07. The molecule has 0 aromatic heterocycles. The highest BCUT2D eigenvalue weighted by Crippen LogP contribution is 2.01. The molecular formula is C12H21N3O3. The van der Waals surface area contributed by atoms with Crippen molar-refractivity contribution in [2.75, 3.05) is 26.4 Å². The number of carbonyl (C=O) groups excluding carboxylic acids is 1. The van der Waals surface area contributed by atoms with Gasteiger partial charge in [0.15, 0.2) is 0 Å². The Hall–Kier alpha value is -1.50. The predicted molar refractivity (Wildman–Crippen MR) is 71.0 cm³/mol. The van der Waals surface area contributed by atoms with Crippen molar-refractivity contribution >= 4 is 12.7 Å². The highest BCUT2D eigenvalue weighted by Gasteiger charge is 2.07. The van der Waals surface area contributed by atoms with Crippen molar-refractivity contribution in [1.82, 2.24) is 5.43 Å². The summed E-state index contributed by atoms with van der Waals surface area (Å²) in [6.45, 7) is 7.03. The third kappa shape index (κ3) is 8.63. The average Bonchev–Trinajstić information content (AvgIpc) is 2.37. The lowest BCUT2D eigenvalue weighted by atomic mass is 10.2. The molecule has 0 fully saturated rings. The maximum atomic E-state index is 11.6. The lowest BCUT2D eigenvalue weighted by Gasteiger charge is -2.05. The number of nitrogens with one attached hydrogen (secondary N) is 1. The van der Waals surface area contributed by atoms with E-state index in [4.69, 9.17) is 15.3 Å². The summed E-state index contributed by atoms with van der Waals surface area (Å²) in [5, 5.41) is 0. The van der Waals surface area contributed by atoms with E-state index in [0.717, 1.165) is 6.42 Å². The van der Waals surface area contributed by atoms with E-state index in [1.165, 1.54) is 6.20 Å². The van der Waals surface area contributed by atoms with Gasteiger partial charge in [0, 0.05) is 19.4 Å². The Morgan fingerprint density at radius 1 is 1.44 bits per heavy atom. The predicted octanol–water partition coefficient (Wildman–Crippen LogP) is 0.560. The number of hydrogen-bond acceptors (Lipinski definition) is 6. The van der Waals surface area contributed by atoms with Gasteiger partial charge in [0.2, 0.25) is 0 Å². The molecule has 0 saturated carbocycles. The second-order valence-corrected chi connectivity index (χ2v) is 3.33. The van der Waals surface area contributed by atoms with Gasteiger partial charge in [-0.2, -0.15) is 0 Å². The van der Waals surface area contributed by atoms with Gasteiger partial charge in [0.1, 0.15) is 6.61 Å². The zero-order valence-corrected chi connectivity index (χ0v) is 10.7. The SMILES string of the molecule is C=N/C=C(\C=C/CNN)C(=O)OCCOCCC. The summed E-state index contributed by atoms with van der Waals surface area (Å²) in [6, 6.07) is 0. The minimum Gasteiger partial charge on any atom is -0.460 e. The minimum absolute atomic E-state index is 0.219. The van der Waals surface area contributed by atoms with E-state index in [2.05, 4.69) is 17.1 Å². The molecular weight excluding hydrogens is 234 g/mol. The van der Waals surface area contributed by atoms with Gasteiger partial charge in [-0.05, 0) is 19.2 Å². The first-order valence-corrected chi connectivity index (χ1v) is 5.77. The summed E-state index contributed by atoms with van der Waals surface area (Å²) in [6.07, 6.45) is 5.53. The fourth-order valence-corrected chi connectivity index (χ4v) is 1.04. The molecule has 0 bridgehead atoms. The van der Waals surface area contributed by atoms with Crippen LogP contribution in [0.4, 0.5) is 0 Å². The molecule has 6 nitrogen and oxygen atoms in total. The number of aliphatic imine (C=N–C) groups is 1. The van der Waals surface area contributed by atoms with Crippen LogP contribution in [0.5, 0.6) is 0 Å². The molecule has 6 heteroatoms. The second kappa shape index (κ2) is 12.0. The topological polar surface area (TPSA) is 85.9 Å². The number of rotatable bonds is 10. The molecule has 0 heterocycles. The molecule has 18 heavy (non-hydrogen) atoms. The number of ether oxygens (including phenoxy) is 2. The summed E-state index contributed by atoms with van der Waals surface area (Å²) >= 11 is 0. The van der Waals surface area contributed by atoms with Crippen molar-refractivity contribution in [3.8, 4) is 0 Å². The fraction of sp³-hybridized carbons (Fsp3) is 0.500. The summed E-state index contributed by atoms with van der Waals surface area (Å²) in [4.78, 5) is 15.2. The number of nitrogens with two attached hydrogens (primary N) is 1. The van der Waals surface area contributed by atoms with Gasteiger partial charge in [-0.3, -0.25) is 16.3 Å². The first-order chi connectivity index (χ1) is 8.76.